The molecule has 1 atom stereocenters. The molecule has 4 nitrogen and oxygen atoms in total. The molecule has 0 saturated heterocycles. The van der Waals surface area contributed by atoms with Crippen molar-refractivity contribution in [3.05, 3.63) is 53.3 Å². The van der Waals surface area contributed by atoms with Gasteiger partial charge in [0, 0.05) is 18.7 Å². The first-order chi connectivity index (χ1) is 8.86. The number of benzene rings is 1. The average molecular weight is 236 g/mol. The van der Waals surface area contributed by atoms with Gasteiger partial charge in [0.1, 0.15) is 11.8 Å². The Hall–Kier alpha value is -2.41. The van der Waals surface area contributed by atoms with Gasteiger partial charge in [0.2, 0.25) is 5.95 Å². The summed E-state index contributed by atoms with van der Waals surface area (Å²) in [4.78, 5) is 8.19. The molecule has 0 bridgehead atoms. The Labute approximate surface area is 105 Å². The summed E-state index contributed by atoms with van der Waals surface area (Å²) in [5, 5.41) is 11.9. The maximum Gasteiger partial charge on any atom is 0.223 e. The lowest BCUT2D eigenvalue weighted by atomic mass is 9.78. The lowest BCUT2D eigenvalue weighted by molar-refractivity contribution is 0.633. The van der Waals surface area contributed by atoms with E-state index in [0.29, 0.717) is 17.6 Å². The summed E-state index contributed by atoms with van der Waals surface area (Å²) >= 11 is 0. The Bertz CT molecular complexity index is 615. The zero-order chi connectivity index (χ0) is 12.4. The molecule has 1 aliphatic carbocycles. The van der Waals surface area contributed by atoms with E-state index in [4.69, 9.17) is 5.26 Å². The van der Waals surface area contributed by atoms with Crippen LogP contribution in [0, 0.1) is 11.3 Å². The van der Waals surface area contributed by atoms with Gasteiger partial charge in [-0.15, -0.1) is 0 Å². The third-order valence-corrected chi connectivity index (χ3v) is 3.24. The molecule has 1 aromatic heterocycles. The van der Waals surface area contributed by atoms with Crippen molar-refractivity contribution in [3.8, 4) is 6.07 Å². The van der Waals surface area contributed by atoms with Gasteiger partial charge in [-0.3, -0.25) is 0 Å². The third kappa shape index (κ3) is 1.91. The van der Waals surface area contributed by atoms with Crippen LogP contribution < -0.4 is 5.32 Å². The van der Waals surface area contributed by atoms with Gasteiger partial charge in [-0.1, -0.05) is 24.3 Å². The quantitative estimate of drug-likeness (QED) is 0.886. The second-order valence-corrected chi connectivity index (χ2v) is 4.36. The van der Waals surface area contributed by atoms with Crippen molar-refractivity contribution in [2.24, 2.45) is 0 Å². The number of fused-ring (bicyclic) bond motifs is 1. The number of nitrogens with zero attached hydrogens (tertiary/aromatic N) is 3. The monoisotopic (exact) mass is 236 g/mol. The standard InChI is InChI=1S/C14H12N4/c15-8-12-5-6-16-14(18-12)17-9-11-7-10-3-1-2-4-13(10)11/h1-6,11H,7,9H2,(H,16,17,18). The highest BCUT2D eigenvalue weighted by Crippen LogP contribution is 2.34. The first kappa shape index (κ1) is 10.7. The predicted molar refractivity (Wildman–Crippen MR) is 68.1 cm³/mol. The Balaban J connectivity index is 1.65. The van der Waals surface area contributed by atoms with E-state index in [1.165, 1.54) is 11.1 Å². The zero-order valence-electron chi connectivity index (χ0n) is 9.80. The smallest absolute Gasteiger partial charge is 0.223 e. The van der Waals surface area contributed by atoms with Crippen LogP contribution >= 0.6 is 0 Å². The van der Waals surface area contributed by atoms with Gasteiger partial charge in [0.05, 0.1) is 0 Å². The summed E-state index contributed by atoms with van der Waals surface area (Å²) in [5.41, 5.74) is 3.22. The average Bonchev–Trinajstić information content (AvgIpc) is 2.40. The van der Waals surface area contributed by atoms with E-state index in [9.17, 15) is 0 Å². The molecule has 0 aliphatic heterocycles. The number of nitrogens with one attached hydrogen (secondary N) is 1. The van der Waals surface area contributed by atoms with Crippen molar-refractivity contribution < 1.29 is 0 Å². The molecule has 1 N–H and O–H groups in total. The van der Waals surface area contributed by atoms with Crippen LogP contribution in [0.4, 0.5) is 5.95 Å². The van der Waals surface area contributed by atoms with Crippen molar-refractivity contribution in [3.63, 3.8) is 0 Å². The van der Waals surface area contributed by atoms with Gasteiger partial charge in [-0.25, -0.2) is 9.97 Å². The molecule has 4 heteroatoms. The molecule has 1 aliphatic rings. The Morgan fingerprint density at radius 2 is 2.22 bits per heavy atom. The fraction of sp³-hybridized carbons (Fsp3) is 0.214. The highest BCUT2D eigenvalue weighted by Gasteiger charge is 2.24. The van der Waals surface area contributed by atoms with Gasteiger partial charge in [-0.05, 0) is 23.6 Å². The van der Waals surface area contributed by atoms with E-state index in [1.54, 1.807) is 12.3 Å². The Morgan fingerprint density at radius 3 is 3.06 bits per heavy atom. The van der Waals surface area contributed by atoms with E-state index in [1.807, 2.05) is 6.07 Å². The molecule has 1 unspecified atom stereocenters. The highest BCUT2D eigenvalue weighted by molar-refractivity contribution is 5.42. The molecule has 2 aromatic rings. The van der Waals surface area contributed by atoms with Crippen LogP contribution in [-0.2, 0) is 6.42 Å². The first-order valence-electron chi connectivity index (χ1n) is 5.91. The molecule has 0 fully saturated rings. The number of hydrogen-bond donors (Lipinski definition) is 1. The largest absolute Gasteiger partial charge is 0.354 e. The lowest BCUT2D eigenvalue weighted by Crippen LogP contribution is -2.24. The maximum absolute atomic E-state index is 8.76. The molecule has 0 radical (unpaired) electrons. The highest BCUT2D eigenvalue weighted by atomic mass is 15.1. The van der Waals surface area contributed by atoms with Crippen molar-refractivity contribution in [2.45, 2.75) is 12.3 Å². The third-order valence-electron chi connectivity index (χ3n) is 3.24. The Kier molecular flexibility index (Phi) is 2.66. The van der Waals surface area contributed by atoms with E-state index in [0.717, 1.165) is 13.0 Å². The van der Waals surface area contributed by atoms with E-state index in [2.05, 4.69) is 39.6 Å². The molecule has 1 heterocycles. The minimum absolute atomic E-state index is 0.390. The molecule has 0 spiro atoms. The van der Waals surface area contributed by atoms with E-state index in [-0.39, 0.29) is 0 Å². The molecular weight excluding hydrogens is 224 g/mol. The number of anilines is 1. The van der Waals surface area contributed by atoms with Gasteiger partial charge in [-0.2, -0.15) is 5.26 Å². The molecule has 1 aromatic carbocycles. The van der Waals surface area contributed by atoms with Gasteiger partial charge < -0.3 is 5.32 Å². The molecule has 0 amide bonds. The van der Waals surface area contributed by atoms with Crippen molar-refractivity contribution in [1.82, 2.24) is 9.97 Å². The van der Waals surface area contributed by atoms with E-state index < -0.39 is 0 Å². The maximum atomic E-state index is 8.76. The van der Waals surface area contributed by atoms with Gasteiger partial charge >= 0.3 is 0 Å². The SMILES string of the molecule is N#Cc1ccnc(NCC2Cc3ccccc32)n1. The summed E-state index contributed by atoms with van der Waals surface area (Å²) in [6, 6.07) is 12.1. The normalized spacial score (nSPS) is 16.3. The first-order valence-corrected chi connectivity index (χ1v) is 5.91. The minimum atomic E-state index is 0.390. The van der Waals surface area contributed by atoms with Crippen LogP contribution in [0.3, 0.4) is 0 Å². The summed E-state index contributed by atoms with van der Waals surface area (Å²) in [6.07, 6.45) is 2.70. The van der Waals surface area contributed by atoms with Crippen LogP contribution in [0.25, 0.3) is 0 Å². The topological polar surface area (TPSA) is 61.6 Å². The number of aromatic nitrogens is 2. The van der Waals surface area contributed by atoms with Crippen LogP contribution in [0.15, 0.2) is 36.5 Å². The molecule has 3 rings (SSSR count). The van der Waals surface area contributed by atoms with Crippen molar-refractivity contribution in [1.29, 1.82) is 5.26 Å². The minimum Gasteiger partial charge on any atom is -0.354 e. The number of hydrogen-bond acceptors (Lipinski definition) is 4. The lowest BCUT2D eigenvalue weighted by Gasteiger charge is -2.30. The Morgan fingerprint density at radius 1 is 1.33 bits per heavy atom. The van der Waals surface area contributed by atoms with E-state index >= 15 is 0 Å². The molecule has 0 saturated carbocycles. The van der Waals surface area contributed by atoms with Crippen molar-refractivity contribution in [2.75, 3.05) is 11.9 Å². The van der Waals surface area contributed by atoms with Crippen LogP contribution in [-0.4, -0.2) is 16.5 Å². The van der Waals surface area contributed by atoms with Gasteiger partial charge in [0.15, 0.2) is 0 Å². The fourth-order valence-corrected chi connectivity index (χ4v) is 2.27. The molecule has 88 valence electrons. The number of nitriles is 1. The number of rotatable bonds is 3. The second kappa shape index (κ2) is 4.46. The summed E-state index contributed by atoms with van der Waals surface area (Å²) in [6.45, 7) is 0.811. The predicted octanol–water partition coefficient (Wildman–Crippen LogP) is 2.10. The summed E-state index contributed by atoms with van der Waals surface area (Å²) in [7, 11) is 0. The molecule has 18 heavy (non-hydrogen) atoms. The molecular formula is C14H12N4. The second-order valence-electron chi connectivity index (χ2n) is 4.36. The summed E-state index contributed by atoms with van der Waals surface area (Å²) < 4.78 is 0. The zero-order valence-corrected chi connectivity index (χ0v) is 9.80. The summed E-state index contributed by atoms with van der Waals surface area (Å²) in [5.74, 6) is 1.05. The van der Waals surface area contributed by atoms with Crippen LogP contribution in [0.2, 0.25) is 0 Å². The van der Waals surface area contributed by atoms with Crippen LogP contribution in [0.1, 0.15) is 22.7 Å². The van der Waals surface area contributed by atoms with Crippen molar-refractivity contribution >= 4 is 5.95 Å². The fourth-order valence-electron chi connectivity index (χ4n) is 2.27. The van der Waals surface area contributed by atoms with Gasteiger partial charge in [0.25, 0.3) is 0 Å². The van der Waals surface area contributed by atoms with Crippen LogP contribution in [0.5, 0.6) is 0 Å².